The Balaban J connectivity index is 1.78. The molecule has 1 atom stereocenters. The van der Waals surface area contributed by atoms with Gasteiger partial charge < -0.3 is 9.88 Å². The molecular formula is C24H33N3. The number of nitrogens with one attached hydrogen (secondary N) is 1. The van der Waals surface area contributed by atoms with E-state index in [1.807, 2.05) is 0 Å². The Morgan fingerprint density at radius 2 is 1.67 bits per heavy atom. The van der Waals surface area contributed by atoms with E-state index < -0.39 is 0 Å². The molecule has 3 heteroatoms. The van der Waals surface area contributed by atoms with Crippen LogP contribution in [0.15, 0.2) is 42.5 Å². The number of aryl methyl sites for hydroxylation is 1. The number of para-hydroxylation sites is 1. The lowest BCUT2D eigenvalue weighted by molar-refractivity contribution is 0.160. The lowest BCUT2D eigenvalue weighted by atomic mass is 9.94. The van der Waals surface area contributed by atoms with Crippen LogP contribution in [0.3, 0.4) is 0 Å². The largest absolute Gasteiger partial charge is 0.341 e. The fraction of sp³-hybridized carbons (Fsp3) is 0.500. The van der Waals surface area contributed by atoms with Crippen molar-refractivity contribution in [2.45, 2.75) is 46.2 Å². The minimum atomic E-state index is 0.530. The Labute approximate surface area is 163 Å². The summed E-state index contributed by atoms with van der Waals surface area (Å²) < 4.78 is 2.45. The molecule has 0 spiro atoms. The van der Waals surface area contributed by atoms with Crippen molar-refractivity contribution in [3.8, 4) is 0 Å². The average molecular weight is 364 g/mol. The Morgan fingerprint density at radius 1 is 0.926 bits per heavy atom. The van der Waals surface area contributed by atoms with Crippen molar-refractivity contribution < 1.29 is 0 Å². The van der Waals surface area contributed by atoms with Gasteiger partial charge in [-0.25, -0.2) is 0 Å². The lowest BCUT2D eigenvalue weighted by Crippen LogP contribution is -2.45. The van der Waals surface area contributed by atoms with Crippen LogP contribution in [0.5, 0.6) is 0 Å². The summed E-state index contributed by atoms with van der Waals surface area (Å²) in [4.78, 5) is 2.69. The molecule has 2 aromatic carbocycles. The molecule has 1 saturated heterocycles. The van der Waals surface area contributed by atoms with E-state index in [1.54, 1.807) is 0 Å². The van der Waals surface area contributed by atoms with E-state index in [0.717, 1.165) is 38.6 Å². The first-order valence-corrected chi connectivity index (χ1v) is 10.6. The maximum Gasteiger partial charge on any atom is 0.0491 e. The highest BCUT2D eigenvalue weighted by atomic mass is 15.2. The van der Waals surface area contributed by atoms with Crippen molar-refractivity contribution in [2.24, 2.45) is 5.92 Å². The second-order valence-corrected chi connectivity index (χ2v) is 8.31. The standard InChI is InChI=1S/C24H33N3/c1-4-27-23-8-6-5-7-20(23)21-17-19(10-12-24(21)27)22(11-9-18(2)3)26-15-13-25-14-16-26/h5-8,10,12,17-18,22,25H,4,9,11,13-16H2,1-3H3/t22-/m0/s1. The van der Waals surface area contributed by atoms with Crippen molar-refractivity contribution >= 4 is 21.8 Å². The zero-order chi connectivity index (χ0) is 18.8. The number of piperazine rings is 1. The van der Waals surface area contributed by atoms with Crippen LogP contribution in [0.2, 0.25) is 0 Å². The third-order valence-corrected chi connectivity index (χ3v) is 6.11. The summed E-state index contributed by atoms with van der Waals surface area (Å²) in [5, 5.41) is 6.31. The summed E-state index contributed by atoms with van der Waals surface area (Å²) in [7, 11) is 0. The minimum Gasteiger partial charge on any atom is -0.341 e. The smallest absolute Gasteiger partial charge is 0.0491 e. The fourth-order valence-corrected chi connectivity index (χ4v) is 4.66. The van der Waals surface area contributed by atoms with E-state index in [-0.39, 0.29) is 0 Å². The highest BCUT2D eigenvalue weighted by Crippen LogP contribution is 2.34. The molecule has 1 aromatic heterocycles. The number of fused-ring (bicyclic) bond motifs is 3. The van der Waals surface area contributed by atoms with Crippen LogP contribution in [-0.4, -0.2) is 35.6 Å². The van der Waals surface area contributed by atoms with Crippen molar-refractivity contribution in [2.75, 3.05) is 26.2 Å². The Morgan fingerprint density at radius 3 is 2.41 bits per heavy atom. The molecule has 4 rings (SSSR count). The summed E-state index contributed by atoms with van der Waals surface area (Å²) in [6, 6.07) is 16.6. The van der Waals surface area contributed by atoms with Crippen LogP contribution >= 0.6 is 0 Å². The van der Waals surface area contributed by atoms with E-state index in [9.17, 15) is 0 Å². The summed E-state index contributed by atoms with van der Waals surface area (Å²) >= 11 is 0. The molecule has 2 heterocycles. The van der Waals surface area contributed by atoms with E-state index >= 15 is 0 Å². The van der Waals surface area contributed by atoms with Crippen LogP contribution in [0.1, 0.15) is 45.2 Å². The van der Waals surface area contributed by atoms with Crippen LogP contribution < -0.4 is 5.32 Å². The van der Waals surface area contributed by atoms with Crippen LogP contribution in [0.4, 0.5) is 0 Å². The highest BCUT2D eigenvalue weighted by molar-refractivity contribution is 6.08. The van der Waals surface area contributed by atoms with Crippen LogP contribution in [0, 0.1) is 5.92 Å². The number of rotatable bonds is 6. The third kappa shape index (κ3) is 3.63. The van der Waals surface area contributed by atoms with Gasteiger partial charge in [-0.15, -0.1) is 0 Å². The van der Waals surface area contributed by atoms with Crippen LogP contribution in [-0.2, 0) is 6.54 Å². The van der Waals surface area contributed by atoms with E-state index in [1.165, 1.54) is 40.2 Å². The SMILES string of the molecule is CCn1c2ccccc2c2cc([C@H](CCC(C)C)N3CCNCC3)ccc21. The van der Waals surface area contributed by atoms with Crippen LogP contribution in [0.25, 0.3) is 21.8 Å². The van der Waals surface area contributed by atoms with E-state index in [0.29, 0.717) is 6.04 Å². The lowest BCUT2D eigenvalue weighted by Gasteiger charge is -2.35. The molecule has 0 amide bonds. The van der Waals surface area contributed by atoms with Gasteiger partial charge in [-0.3, -0.25) is 4.90 Å². The molecule has 144 valence electrons. The van der Waals surface area contributed by atoms with E-state index in [2.05, 4.69) is 78.0 Å². The molecule has 0 saturated carbocycles. The van der Waals surface area contributed by atoms with Gasteiger partial charge in [0, 0.05) is 60.6 Å². The average Bonchev–Trinajstić information content (AvgIpc) is 3.02. The molecule has 1 aliphatic rings. The van der Waals surface area contributed by atoms with Gasteiger partial charge in [0.1, 0.15) is 0 Å². The monoisotopic (exact) mass is 363 g/mol. The quantitative estimate of drug-likeness (QED) is 0.650. The second-order valence-electron chi connectivity index (χ2n) is 8.31. The first-order chi connectivity index (χ1) is 13.2. The first-order valence-electron chi connectivity index (χ1n) is 10.6. The number of hydrogen-bond acceptors (Lipinski definition) is 2. The summed E-state index contributed by atoms with van der Waals surface area (Å²) in [5.74, 6) is 0.751. The topological polar surface area (TPSA) is 20.2 Å². The normalized spacial score (nSPS) is 17.2. The summed E-state index contributed by atoms with van der Waals surface area (Å²) in [6.07, 6.45) is 2.53. The number of hydrogen-bond donors (Lipinski definition) is 1. The molecule has 3 nitrogen and oxygen atoms in total. The molecule has 3 aromatic rings. The maximum atomic E-state index is 3.51. The molecule has 0 bridgehead atoms. The molecule has 0 unspecified atom stereocenters. The van der Waals surface area contributed by atoms with Crippen molar-refractivity contribution in [1.82, 2.24) is 14.8 Å². The van der Waals surface area contributed by atoms with Gasteiger partial charge in [0.25, 0.3) is 0 Å². The van der Waals surface area contributed by atoms with Gasteiger partial charge in [-0.2, -0.15) is 0 Å². The van der Waals surface area contributed by atoms with Gasteiger partial charge in [-0.1, -0.05) is 38.1 Å². The van der Waals surface area contributed by atoms with Crippen molar-refractivity contribution in [3.63, 3.8) is 0 Å². The molecule has 1 fully saturated rings. The van der Waals surface area contributed by atoms with Gasteiger partial charge in [0.2, 0.25) is 0 Å². The summed E-state index contributed by atoms with van der Waals surface area (Å²) in [5.41, 5.74) is 4.21. The molecule has 0 radical (unpaired) electrons. The number of aromatic nitrogens is 1. The van der Waals surface area contributed by atoms with Gasteiger partial charge in [-0.05, 0) is 49.4 Å². The van der Waals surface area contributed by atoms with E-state index in [4.69, 9.17) is 0 Å². The predicted octanol–water partition coefficient (Wildman–Crippen LogP) is 5.20. The van der Waals surface area contributed by atoms with Crippen molar-refractivity contribution in [1.29, 1.82) is 0 Å². The Kier molecular flexibility index (Phi) is 5.51. The van der Waals surface area contributed by atoms with Gasteiger partial charge >= 0.3 is 0 Å². The third-order valence-electron chi connectivity index (χ3n) is 6.11. The molecular weight excluding hydrogens is 330 g/mol. The molecule has 27 heavy (non-hydrogen) atoms. The zero-order valence-electron chi connectivity index (χ0n) is 17.0. The fourth-order valence-electron chi connectivity index (χ4n) is 4.66. The van der Waals surface area contributed by atoms with Crippen molar-refractivity contribution in [3.05, 3.63) is 48.0 Å². The predicted molar refractivity (Wildman–Crippen MR) is 116 cm³/mol. The highest BCUT2D eigenvalue weighted by Gasteiger charge is 2.23. The molecule has 1 N–H and O–H groups in total. The maximum absolute atomic E-state index is 3.51. The minimum absolute atomic E-state index is 0.530. The number of nitrogens with zero attached hydrogens (tertiary/aromatic N) is 2. The Hall–Kier alpha value is -1.84. The second kappa shape index (κ2) is 8.04. The Bertz CT molecular complexity index is 903. The number of benzene rings is 2. The molecule has 0 aliphatic carbocycles. The first kappa shape index (κ1) is 18.5. The summed E-state index contributed by atoms with van der Waals surface area (Å²) in [6.45, 7) is 12.4. The molecule has 1 aliphatic heterocycles. The van der Waals surface area contributed by atoms with Gasteiger partial charge in [0.05, 0.1) is 0 Å². The zero-order valence-corrected chi connectivity index (χ0v) is 17.0. The van der Waals surface area contributed by atoms with Gasteiger partial charge in [0.15, 0.2) is 0 Å².